The topological polar surface area (TPSA) is 503 Å². The van der Waals surface area contributed by atoms with E-state index >= 15 is 17.6 Å². The number of nitrogens with zero attached hydrogens (tertiary/aromatic N) is 19. The Kier molecular flexibility index (Phi) is 28.2. The van der Waals surface area contributed by atoms with Crippen molar-refractivity contribution in [3.63, 3.8) is 0 Å². The number of hydrogen-bond donors (Lipinski definition) is 6. The number of carbonyl (C=O) groups is 4. The van der Waals surface area contributed by atoms with Crippen LogP contribution in [0.25, 0.3) is 49.5 Å². The predicted molar refractivity (Wildman–Crippen MR) is 445 cm³/mol. The number of alkyl halides is 4. The number of fused-ring (bicyclic) bond motifs is 6. The quantitative estimate of drug-likeness (QED) is 0.0121. The molecule has 4 aromatic carbocycles. The maximum absolute atomic E-state index is 17.1. The zero-order valence-corrected chi connectivity index (χ0v) is 70.3. The minimum atomic E-state index is -4.09. The molecule has 19 atom stereocenters. The Labute approximate surface area is 731 Å². The smallest absolute Gasteiger partial charge is 0.333 e. The van der Waals surface area contributed by atoms with Crippen molar-refractivity contribution in [3.8, 4) is 12.1 Å². The maximum Gasteiger partial charge on any atom is 0.333 e. The largest absolute Gasteiger partial charge is 0.394 e. The van der Waals surface area contributed by atoms with Gasteiger partial charge in [0, 0.05) is 22.3 Å². The summed E-state index contributed by atoms with van der Waals surface area (Å²) in [6.45, 7) is -4.16. The lowest BCUT2D eigenvalue weighted by Gasteiger charge is -2.31. The first-order valence-corrected chi connectivity index (χ1v) is 45.0. The molecule has 12 aromatic rings. The van der Waals surface area contributed by atoms with E-state index in [0.717, 1.165) is 12.7 Å². The lowest BCUT2D eigenvalue weighted by molar-refractivity contribution is -0.0607. The number of aliphatic hydroxyl groups excluding tert-OH is 2. The highest BCUT2D eigenvalue weighted by Crippen LogP contribution is 2.58. The lowest BCUT2D eigenvalue weighted by Crippen LogP contribution is -2.37. The molecule has 51 heteroatoms. The van der Waals surface area contributed by atoms with Gasteiger partial charge in [-0.25, -0.2) is 83.9 Å². The molecule has 662 valence electrons. The lowest BCUT2D eigenvalue weighted by atomic mass is 10.1. The number of ether oxygens (including phenoxy) is 4. The van der Waals surface area contributed by atoms with E-state index in [1.54, 1.807) is 121 Å². The third kappa shape index (κ3) is 19.5. The number of benzene rings is 4. The number of anilines is 4. The molecule has 17 rings (SSSR count). The van der Waals surface area contributed by atoms with Crippen molar-refractivity contribution in [2.24, 2.45) is 0 Å². The highest BCUT2D eigenvalue weighted by Gasteiger charge is 2.56. The third-order valence-electron chi connectivity index (χ3n) is 20.1. The van der Waals surface area contributed by atoms with E-state index in [2.05, 4.69) is 85.9 Å². The summed E-state index contributed by atoms with van der Waals surface area (Å²) in [5.74, 6) is -1.65. The SMILES string of the molecule is N#CCCOP(=S)(OC[C@H]1O[C@@H](n2cnc3c(NC(=O)c4ccccc4)ncnc32)[C@@H](F)C1O)OC1[C@@H](CO)O[C@@H](n2cnc3c(NC(=O)c4ccccc4)ncnc32)[C@H]1F.[C-]#[N+]CCOP1OC[C@H]2O[C@@H](n3cnc4c(NC(=O)c5ccccc5)ncnc43)[C@@H](F)C2OP(=S)(OCCC#N)OC[C@H]2O[C@@H](n3cnc4c(NC(=O)c5ccccc5)ncnc43)[C@@H](F)C2O1. The average Bonchev–Trinajstić information content (AvgIpc) is 1.61. The van der Waals surface area contributed by atoms with Gasteiger partial charge in [0.05, 0.1) is 89.9 Å². The fourth-order valence-corrected chi connectivity index (χ4v) is 19.3. The Balaban J connectivity index is 0.000000189. The van der Waals surface area contributed by atoms with Crippen LogP contribution in [0.2, 0.25) is 0 Å². The Hall–Kier alpha value is -11.7. The van der Waals surface area contributed by atoms with Crippen molar-refractivity contribution in [3.05, 3.63) is 206 Å². The normalized spacial score (nSPS) is 26.2. The molecule has 7 unspecified atom stereocenters. The zero-order chi connectivity index (χ0) is 89.2. The average molecular weight is 1850 g/mol. The van der Waals surface area contributed by atoms with Crippen LogP contribution in [0.3, 0.4) is 0 Å². The van der Waals surface area contributed by atoms with E-state index in [-0.39, 0.29) is 107 Å². The van der Waals surface area contributed by atoms with Gasteiger partial charge in [-0.2, -0.15) is 10.5 Å². The molecule has 0 aliphatic carbocycles. The third-order valence-corrected chi connectivity index (χ3v) is 25.9. The van der Waals surface area contributed by atoms with E-state index < -0.39 is 171 Å². The summed E-state index contributed by atoms with van der Waals surface area (Å²) in [6, 6.07) is 37.4. The molecule has 5 saturated heterocycles. The number of amides is 4. The van der Waals surface area contributed by atoms with Crippen LogP contribution in [0.15, 0.2) is 172 Å². The van der Waals surface area contributed by atoms with Crippen LogP contribution in [0.4, 0.5) is 40.8 Å². The fourth-order valence-electron chi connectivity index (χ4n) is 13.9. The molecule has 42 nitrogen and oxygen atoms in total. The van der Waals surface area contributed by atoms with Gasteiger partial charge in [-0.05, 0) is 72.1 Å². The van der Waals surface area contributed by atoms with Gasteiger partial charge in [-0.15, -0.1) is 0 Å². The number of rotatable bonds is 27. The van der Waals surface area contributed by atoms with E-state index in [1.165, 1.54) is 56.2 Å². The molecule has 0 bridgehead atoms. The summed E-state index contributed by atoms with van der Waals surface area (Å²) >= 11 is 11.4. The van der Waals surface area contributed by atoms with Crippen molar-refractivity contribution < 1.29 is 107 Å². The van der Waals surface area contributed by atoms with Crippen molar-refractivity contribution in [2.75, 3.05) is 74.1 Å². The second kappa shape index (κ2) is 40.3. The van der Waals surface area contributed by atoms with Crippen LogP contribution in [0.1, 0.15) is 79.2 Å². The molecule has 5 aliphatic rings. The molecular weight excluding hydrogens is 1780 g/mol. The molecule has 8 aromatic heterocycles. The number of carbonyl (C=O) groups excluding carboxylic acids is 4. The van der Waals surface area contributed by atoms with Gasteiger partial charge in [0.25, 0.3) is 23.6 Å². The second-order valence-corrected chi connectivity index (χ2v) is 35.2. The van der Waals surface area contributed by atoms with Crippen LogP contribution >= 0.6 is 22.0 Å². The van der Waals surface area contributed by atoms with Crippen LogP contribution in [0, 0.1) is 29.2 Å². The molecular formula is C77H70F4N23O19P3S2. The van der Waals surface area contributed by atoms with Crippen molar-refractivity contribution in [2.45, 2.75) is 111 Å². The van der Waals surface area contributed by atoms with Gasteiger partial charge in [-0.3, -0.25) is 46.5 Å². The van der Waals surface area contributed by atoms with Crippen LogP contribution in [0.5, 0.6) is 0 Å². The number of imidazole rings is 4. The van der Waals surface area contributed by atoms with Crippen LogP contribution < -0.4 is 21.3 Å². The number of aliphatic hydroxyl groups is 2. The molecule has 13 heterocycles. The van der Waals surface area contributed by atoms with Gasteiger partial charge in [0.15, 0.2) is 118 Å². The molecule has 5 fully saturated rings. The highest BCUT2D eigenvalue weighted by molar-refractivity contribution is 8.07. The molecule has 0 spiro atoms. The van der Waals surface area contributed by atoms with Gasteiger partial charge >= 0.3 is 22.0 Å². The van der Waals surface area contributed by atoms with E-state index in [9.17, 15) is 39.9 Å². The minimum absolute atomic E-state index is 0.0490. The number of hydrogen-bond acceptors (Lipinski definition) is 35. The van der Waals surface area contributed by atoms with Gasteiger partial charge in [0.1, 0.15) is 80.7 Å². The summed E-state index contributed by atoms with van der Waals surface area (Å²) in [5.41, 5.74) is 2.30. The highest BCUT2D eigenvalue weighted by atomic mass is 32.5. The zero-order valence-electron chi connectivity index (χ0n) is 66.0. The van der Waals surface area contributed by atoms with E-state index in [4.69, 9.17) is 89.8 Å². The number of nitrogens with one attached hydrogen (secondary N) is 4. The maximum atomic E-state index is 17.1. The van der Waals surface area contributed by atoms with Gasteiger partial charge < -0.3 is 86.9 Å². The van der Waals surface area contributed by atoms with E-state index in [1.807, 2.05) is 12.1 Å². The van der Waals surface area contributed by atoms with E-state index in [0.29, 0.717) is 22.3 Å². The molecule has 6 N–H and O–H groups in total. The fraction of sp³-hybridized carbons (Fsp3) is 0.338. The van der Waals surface area contributed by atoms with Crippen molar-refractivity contribution >= 4 is 137 Å². The first kappa shape index (κ1) is 89.7. The van der Waals surface area contributed by atoms with Crippen LogP contribution in [-0.4, -0.2) is 238 Å². The monoisotopic (exact) mass is 1850 g/mol. The summed E-state index contributed by atoms with van der Waals surface area (Å²) < 4.78 is 150. The molecule has 0 radical (unpaired) electrons. The summed E-state index contributed by atoms with van der Waals surface area (Å²) in [7, 11) is -2.52. The Morgan fingerprint density at radius 1 is 0.539 bits per heavy atom. The molecule has 4 amide bonds. The summed E-state index contributed by atoms with van der Waals surface area (Å²) in [5, 5.41) is 50.5. The van der Waals surface area contributed by atoms with Crippen LogP contribution in [-0.2, 0) is 83.3 Å². The predicted octanol–water partition coefficient (Wildman–Crippen LogP) is 9.33. The van der Waals surface area contributed by atoms with Gasteiger partial charge in [0.2, 0.25) is 6.54 Å². The Bertz CT molecular complexity index is 6250. The number of aromatic nitrogens is 16. The van der Waals surface area contributed by atoms with Gasteiger partial charge in [-0.1, -0.05) is 72.8 Å². The first-order valence-electron chi connectivity index (χ1n) is 38.8. The van der Waals surface area contributed by atoms with Crippen molar-refractivity contribution in [1.82, 2.24) is 78.1 Å². The van der Waals surface area contributed by atoms with Crippen molar-refractivity contribution in [1.29, 1.82) is 10.5 Å². The standard InChI is InChI=1S/C40H36F2N12O10P2S.C37H34F2N11O9PS/c1-44-14-16-57-65-58-17-25-32(28(42)40(61-25)54-22-50-30-34(46-20-48-36(30)54)52-38(56)24-11-6-3-7-12-24)64-66(67,59-15-8-13-43)60-18-26-31(63-65)27(41)39(62-26)53-21-49-29-33(45-19-47-35(29)53)51-37(55)23-9-4-2-5-10-23;38-24-28(52)23(58-36(24)49-18-45-26-30(41-16-43-32(26)49)47-34(53)20-8-3-1-4-9-20)15-56-60(61,55-13-7-12-40)59-29-22(14-51)57-37(25(29)39)50-19-46-27-31(42-17-44-33(27)50)48-35(54)21-10-5-2-6-11-21/h2-7,9-12,19-22,25-28,31-32,39-40H,8,14-18H2,(H,45,47,51,55)(H,46,48,52,56);1-6,8-11,16-19,22-25,28-29,36-37,51-52H,7,13-15H2,(H,41,43,47,53)(H,42,44,48,54)/t25-,26-,27+,28+,31?,32?,39-,40-,65?,66?;22-,23-,24+,25+,28?,29?,36-,37-,60?/m11/s1. The summed E-state index contributed by atoms with van der Waals surface area (Å²) in [4.78, 5) is 106. The summed E-state index contributed by atoms with van der Waals surface area (Å²) in [6.07, 6.45) is -16.6. The number of halogens is 4. The molecule has 128 heavy (non-hydrogen) atoms. The molecule has 0 saturated carbocycles. The Morgan fingerprint density at radius 3 is 1.36 bits per heavy atom. The molecule has 5 aliphatic heterocycles. The Morgan fingerprint density at radius 2 is 0.938 bits per heavy atom. The number of nitriles is 2. The second-order valence-electron chi connectivity index (χ2n) is 28.1. The minimum Gasteiger partial charge on any atom is -0.394 e. The first-order chi connectivity index (χ1) is 62.2.